The number of carbonyl (C=O) groups is 1. The van der Waals surface area contributed by atoms with Crippen LogP contribution in [0.3, 0.4) is 0 Å². The van der Waals surface area contributed by atoms with Gasteiger partial charge in [0.05, 0.1) is 44.8 Å². The van der Waals surface area contributed by atoms with Crippen LogP contribution >= 0.6 is 11.6 Å². The lowest BCUT2D eigenvalue weighted by atomic mass is 9.99. The summed E-state index contributed by atoms with van der Waals surface area (Å²) < 4.78 is 162. The van der Waals surface area contributed by atoms with Crippen LogP contribution in [-0.4, -0.2) is 56.1 Å². The van der Waals surface area contributed by atoms with Crippen molar-refractivity contribution in [3.8, 4) is 16.8 Å². The Kier molecular flexibility index (Phi) is 10.8. The second-order valence-corrected chi connectivity index (χ2v) is 18.5. The Balaban J connectivity index is 1.29. The number of rotatable bonds is 13. The Hall–Kier alpha value is -6.42. The van der Waals surface area contributed by atoms with E-state index >= 15 is 18.0 Å². The van der Waals surface area contributed by atoms with Crippen molar-refractivity contribution in [3.63, 3.8) is 0 Å². The number of halogens is 10. The average Bonchev–Trinajstić information content (AvgIpc) is 3.50. The third kappa shape index (κ3) is 7.71. The molecule has 1 saturated carbocycles. The second kappa shape index (κ2) is 15.9. The number of amides is 1. The third-order valence-electron chi connectivity index (χ3n) is 11.8. The fraction of sp³-hybridized carbons (Fsp3) is 0.279. The molecule has 0 radical (unpaired) electrons. The number of benzene rings is 4. The SMILES string of the molecule is CC12CC1C(F)(F)c1c2c(C(F)F)nn1CC(=O)N[C@@H](Cc1cc(F)cc(F)c1)c1nc2cc(-c3ccccc3F)ccc2c(=O)n1-c1ccc(Cl)c2c(NS(C)(=O)=O)nn(CC(F)F)c12. The number of anilines is 1. The van der Waals surface area contributed by atoms with Crippen LogP contribution in [0.2, 0.25) is 5.02 Å². The lowest BCUT2D eigenvalue weighted by Gasteiger charge is -2.24. The zero-order valence-corrected chi connectivity index (χ0v) is 35.6. The molecule has 66 heavy (non-hydrogen) atoms. The Labute approximate surface area is 372 Å². The molecule has 2 aliphatic carbocycles. The van der Waals surface area contributed by atoms with Crippen LogP contribution in [0.5, 0.6) is 0 Å². The summed E-state index contributed by atoms with van der Waals surface area (Å²) in [4.78, 5) is 34.0. The molecule has 0 spiro atoms. The Bertz CT molecular complexity index is 3320. The molecule has 23 heteroatoms. The van der Waals surface area contributed by atoms with Crippen LogP contribution in [-0.2, 0) is 45.7 Å². The van der Waals surface area contributed by atoms with Crippen molar-refractivity contribution in [2.24, 2.45) is 5.92 Å². The molecule has 4 aromatic carbocycles. The van der Waals surface area contributed by atoms with E-state index in [-0.39, 0.29) is 61.2 Å². The first-order valence-electron chi connectivity index (χ1n) is 19.8. The van der Waals surface area contributed by atoms with E-state index in [0.717, 1.165) is 23.0 Å². The standard InChI is InChI=1S/C43H32ClF9N8O4S/c1-42-16-30(42)43(52,53)37-34(42)35(38(50)51)56-60(37)18-32(62)54-28(13-19-11-21(45)15-22(46)12-19)40-55-27-14-20(23-5-3-4-6-26(23)47)7-8-24(27)41(63)61(40)29-10-9-25(44)33-36(29)59(17-31(48)49)57-39(33)58-66(2,64)65/h3-12,14-15,28,30-31,38H,13,16-18H2,1-2H3,(H,54,62)(H,57,58)/t28-,30?,42?/m0/s1. The van der Waals surface area contributed by atoms with Gasteiger partial charge in [0.2, 0.25) is 15.9 Å². The highest BCUT2D eigenvalue weighted by atomic mass is 35.5. The van der Waals surface area contributed by atoms with Crippen molar-refractivity contribution in [3.05, 3.63) is 134 Å². The minimum Gasteiger partial charge on any atom is -0.344 e. The van der Waals surface area contributed by atoms with E-state index in [1.54, 1.807) is 6.07 Å². The smallest absolute Gasteiger partial charge is 0.293 e. The molecule has 0 saturated heterocycles. The second-order valence-electron chi connectivity index (χ2n) is 16.4. The molecule has 2 aliphatic rings. The summed E-state index contributed by atoms with van der Waals surface area (Å²) in [5.74, 6) is -9.99. The highest BCUT2D eigenvalue weighted by Crippen LogP contribution is 2.71. The molecule has 0 aliphatic heterocycles. The number of nitrogens with one attached hydrogen (secondary N) is 2. The van der Waals surface area contributed by atoms with Crippen molar-refractivity contribution in [1.82, 2.24) is 34.4 Å². The van der Waals surface area contributed by atoms with Gasteiger partial charge in [0.15, 0.2) is 5.82 Å². The highest BCUT2D eigenvalue weighted by molar-refractivity contribution is 7.92. The van der Waals surface area contributed by atoms with E-state index < -0.39 is 118 Å². The predicted molar refractivity (Wildman–Crippen MR) is 223 cm³/mol. The molecule has 3 heterocycles. The number of hydrogen-bond donors (Lipinski definition) is 2. The van der Waals surface area contributed by atoms with Crippen LogP contribution in [0.15, 0.2) is 77.6 Å². The molecular formula is C43H32ClF9N8O4S. The van der Waals surface area contributed by atoms with Crippen molar-refractivity contribution in [2.45, 2.75) is 63.1 Å². The number of fused-ring (bicyclic) bond motifs is 5. The van der Waals surface area contributed by atoms with Gasteiger partial charge in [-0.1, -0.05) is 42.8 Å². The van der Waals surface area contributed by atoms with Gasteiger partial charge in [-0.2, -0.15) is 19.0 Å². The maximum atomic E-state index is 15.8. The normalized spacial score (nSPS) is 18.0. The van der Waals surface area contributed by atoms with E-state index in [1.807, 2.05) is 0 Å². The van der Waals surface area contributed by atoms with Gasteiger partial charge in [-0.3, -0.25) is 28.2 Å². The molecule has 1 fully saturated rings. The van der Waals surface area contributed by atoms with Gasteiger partial charge in [0, 0.05) is 34.9 Å². The van der Waals surface area contributed by atoms with Crippen LogP contribution in [0.4, 0.5) is 45.3 Å². The minimum absolute atomic E-state index is 0.0754. The van der Waals surface area contributed by atoms with E-state index in [0.29, 0.717) is 15.4 Å². The average molecular weight is 963 g/mol. The molecular weight excluding hydrogens is 931 g/mol. The minimum atomic E-state index is -4.15. The largest absolute Gasteiger partial charge is 0.344 e. The van der Waals surface area contributed by atoms with Gasteiger partial charge in [-0.25, -0.2) is 44.1 Å². The van der Waals surface area contributed by atoms with Crippen molar-refractivity contribution >= 4 is 55.2 Å². The maximum absolute atomic E-state index is 15.8. The lowest BCUT2D eigenvalue weighted by Crippen LogP contribution is -2.38. The van der Waals surface area contributed by atoms with E-state index in [2.05, 4.69) is 20.2 Å². The zero-order valence-electron chi connectivity index (χ0n) is 34.1. The van der Waals surface area contributed by atoms with Gasteiger partial charge in [0.25, 0.3) is 24.3 Å². The van der Waals surface area contributed by atoms with E-state index in [9.17, 15) is 39.6 Å². The first-order chi connectivity index (χ1) is 31.0. The van der Waals surface area contributed by atoms with Crippen LogP contribution in [0, 0.1) is 23.4 Å². The number of carbonyl (C=O) groups excluding carboxylic acids is 1. The lowest BCUT2D eigenvalue weighted by molar-refractivity contribution is -0.123. The molecule has 9 rings (SSSR count). The van der Waals surface area contributed by atoms with Gasteiger partial charge in [-0.05, 0) is 60.0 Å². The van der Waals surface area contributed by atoms with Crippen LogP contribution in [0.25, 0.3) is 38.6 Å². The fourth-order valence-electron chi connectivity index (χ4n) is 9.02. The predicted octanol–water partition coefficient (Wildman–Crippen LogP) is 8.73. The number of hydrogen-bond acceptors (Lipinski definition) is 7. The van der Waals surface area contributed by atoms with Crippen LogP contribution in [0.1, 0.15) is 54.2 Å². The van der Waals surface area contributed by atoms with Gasteiger partial charge in [0.1, 0.15) is 47.8 Å². The summed E-state index contributed by atoms with van der Waals surface area (Å²) in [6, 6.07) is 12.5. The number of alkyl halides is 6. The van der Waals surface area contributed by atoms with E-state index in [1.165, 1.54) is 55.5 Å². The maximum Gasteiger partial charge on any atom is 0.293 e. The van der Waals surface area contributed by atoms with Crippen molar-refractivity contribution in [1.29, 1.82) is 0 Å². The van der Waals surface area contributed by atoms with Gasteiger partial charge >= 0.3 is 0 Å². The summed E-state index contributed by atoms with van der Waals surface area (Å²) in [7, 11) is -4.15. The van der Waals surface area contributed by atoms with Gasteiger partial charge in [-0.15, -0.1) is 0 Å². The number of nitrogens with zero attached hydrogens (tertiary/aromatic N) is 6. The molecule has 3 aromatic heterocycles. The molecule has 3 atom stereocenters. The molecule has 344 valence electrons. The number of aromatic nitrogens is 6. The molecule has 12 nitrogen and oxygen atoms in total. The van der Waals surface area contributed by atoms with Crippen LogP contribution < -0.4 is 15.6 Å². The summed E-state index contributed by atoms with van der Waals surface area (Å²) >= 11 is 6.56. The monoisotopic (exact) mass is 962 g/mol. The summed E-state index contributed by atoms with van der Waals surface area (Å²) in [6.07, 6.45) is -6.39. The molecule has 1 amide bonds. The number of sulfonamides is 1. The molecule has 2 N–H and O–H groups in total. The topological polar surface area (TPSA) is 146 Å². The van der Waals surface area contributed by atoms with Gasteiger partial charge < -0.3 is 5.32 Å². The molecule has 2 unspecified atom stereocenters. The Morgan fingerprint density at radius 3 is 2.33 bits per heavy atom. The first kappa shape index (κ1) is 44.8. The quantitative estimate of drug-likeness (QED) is 0.110. The third-order valence-corrected chi connectivity index (χ3v) is 12.7. The Morgan fingerprint density at radius 2 is 1.67 bits per heavy atom. The van der Waals surface area contributed by atoms with Crippen molar-refractivity contribution in [2.75, 3.05) is 11.0 Å². The zero-order chi connectivity index (χ0) is 47.4. The van der Waals surface area contributed by atoms with E-state index in [4.69, 9.17) is 16.6 Å². The fourth-order valence-corrected chi connectivity index (χ4v) is 9.75. The van der Waals surface area contributed by atoms with Crippen molar-refractivity contribution < 1.29 is 52.7 Å². The molecule has 7 aromatic rings. The highest BCUT2D eigenvalue weighted by Gasteiger charge is 2.74. The molecule has 0 bridgehead atoms. The summed E-state index contributed by atoms with van der Waals surface area (Å²) in [6.45, 7) is -0.898. The summed E-state index contributed by atoms with van der Waals surface area (Å²) in [5, 5.41) is 9.65. The summed E-state index contributed by atoms with van der Waals surface area (Å²) in [5.41, 5.74) is -5.22. The Morgan fingerprint density at radius 1 is 0.955 bits per heavy atom. The first-order valence-corrected chi connectivity index (χ1v) is 22.1.